The van der Waals surface area contributed by atoms with Crippen LogP contribution in [0.3, 0.4) is 0 Å². The molecule has 0 unspecified atom stereocenters. The minimum absolute atomic E-state index is 0.556. The quantitative estimate of drug-likeness (QED) is 0.547. The molecule has 1 nitrogen and oxygen atoms in total. The average Bonchev–Trinajstić information content (AvgIpc) is 2.53. The zero-order valence-electron chi connectivity index (χ0n) is 13.3. The number of aryl methyl sites for hydroxylation is 1. The summed E-state index contributed by atoms with van der Waals surface area (Å²) in [6, 6.07) is 17.8. The van der Waals surface area contributed by atoms with Crippen molar-refractivity contribution >= 4 is 10.8 Å². The molecule has 110 valence electrons. The molecular formula is C21H20O. The van der Waals surface area contributed by atoms with Crippen LogP contribution in [0.15, 0.2) is 48.5 Å². The molecule has 3 aromatic carbocycles. The van der Waals surface area contributed by atoms with Crippen LogP contribution < -0.4 is 4.74 Å². The van der Waals surface area contributed by atoms with E-state index < -0.39 is 0 Å². The molecule has 1 heteroatoms. The minimum atomic E-state index is 0.556. The fourth-order valence-electron chi connectivity index (χ4n) is 3.30. The van der Waals surface area contributed by atoms with E-state index in [0.29, 0.717) is 12.5 Å². The summed E-state index contributed by atoms with van der Waals surface area (Å²) in [5.74, 6) is 1.56. The lowest BCUT2D eigenvalue weighted by Gasteiger charge is -2.23. The molecule has 3 aromatic rings. The molecule has 0 aromatic heterocycles. The summed E-state index contributed by atoms with van der Waals surface area (Å²) in [5, 5.41) is 2.62. The lowest BCUT2D eigenvalue weighted by molar-refractivity contribution is 0.303. The smallest absolute Gasteiger partial charge is 0.127 e. The van der Waals surface area contributed by atoms with E-state index in [1.54, 1.807) is 0 Å². The van der Waals surface area contributed by atoms with Gasteiger partial charge in [0.25, 0.3) is 0 Å². The summed E-state index contributed by atoms with van der Waals surface area (Å²) in [7, 11) is 0. The van der Waals surface area contributed by atoms with Gasteiger partial charge in [0.2, 0.25) is 0 Å². The summed E-state index contributed by atoms with van der Waals surface area (Å²) in [6.07, 6.45) is 0. The van der Waals surface area contributed by atoms with Gasteiger partial charge in [-0.15, -0.1) is 0 Å². The third-order valence-corrected chi connectivity index (χ3v) is 4.62. The number of hydrogen-bond donors (Lipinski definition) is 0. The first kappa shape index (κ1) is 13.4. The van der Waals surface area contributed by atoms with E-state index in [1.165, 1.54) is 38.6 Å². The third-order valence-electron chi connectivity index (χ3n) is 4.62. The van der Waals surface area contributed by atoms with Gasteiger partial charge in [-0.3, -0.25) is 0 Å². The maximum atomic E-state index is 6.02. The molecule has 0 N–H and O–H groups in total. The molecule has 4 rings (SSSR count). The van der Waals surface area contributed by atoms with Gasteiger partial charge in [-0.1, -0.05) is 56.3 Å². The molecule has 0 amide bonds. The van der Waals surface area contributed by atoms with Gasteiger partial charge in [0.15, 0.2) is 0 Å². The Labute approximate surface area is 131 Å². The van der Waals surface area contributed by atoms with E-state index in [4.69, 9.17) is 4.74 Å². The topological polar surface area (TPSA) is 9.23 Å². The number of ether oxygens (including phenoxy) is 1. The van der Waals surface area contributed by atoms with E-state index in [1.807, 2.05) is 0 Å². The summed E-state index contributed by atoms with van der Waals surface area (Å²) in [6.45, 7) is 7.24. The SMILES string of the molecule is Cc1ccc2c(c1)OCc1c-2ccc2cc(C(C)C)ccc12. The van der Waals surface area contributed by atoms with Crippen LogP contribution in [0.1, 0.15) is 36.5 Å². The monoisotopic (exact) mass is 288 g/mol. The van der Waals surface area contributed by atoms with Gasteiger partial charge < -0.3 is 4.74 Å². The van der Waals surface area contributed by atoms with Crippen LogP contribution >= 0.6 is 0 Å². The maximum Gasteiger partial charge on any atom is 0.127 e. The second kappa shape index (κ2) is 4.88. The predicted molar refractivity (Wildman–Crippen MR) is 92.5 cm³/mol. The van der Waals surface area contributed by atoms with Crippen LogP contribution in [0.25, 0.3) is 21.9 Å². The Morgan fingerprint density at radius 1 is 0.909 bits per heavy atom. The normalized spacial score (nSPS) is 12.9. The fourth-order valence-corrected chi connectivity index (χ4v) is 3.30. The van der Waals surface area contributed by atoms with Crippen molar-refractivity contribution in [3.05, 3.63) is 65.2 Å². The largest absolute Gasteiger partial charge is 0.488 e. The highest BCUT2D eigenvalue weighted by molar-refractivity contribution is 5.94. The van der Waals surface area contributed by atoms with Crippen LogP contribution in [0.5, 0.6) is 5.75 Å². The van der Waals surface area contributed by atoms with E-state index in [2.05, 4.69) is 69.3 Å². The van der Waals surface area contributed by atoms with E-state index in [-0.39, 0.29) is 0 Å². The Hall–Kier alpha value is -2.28. The molecular weight excluding hydrogens is 268 g/mol. The van der Waals surface area contributed by atoms with Crippen molar-refractivity contribution < 1.29 is 4.74 Å². The van der Waals surface area contributed by atoms with Crippen LogP contribution in [0.4, 0.5) is 0 Å². The number of hydrogen-bond acceptors (Lipinski definition) is 1. The highest BCUT2D eigenvalue weighted by Gasteiger charge is 2.19. The number of rotatable bonds is 1. The molecule has 0 spiro atoms. The molecule has 0 saturated carbocycles. The first-order valence-corrected chi connectivity index (χ1v) is 7.93. The minimum Gasteiger partial charge on any atom is -0.488 e. The predicted octanol–water partition coefficient (Wildman–Crippen LogP) is 5.83. The molecule has 1 heterocycles. The summed E-state index contributed by atoms with van der Waals surface area (Å²) < 4.78 is 6.02. The summed E-state index contributed by atoms with van der Waals surface area (Å²) in [4.78, 5) is 0. The lowest BCUT2D eigenvalue weighted by atomic mass is 9.90. The van der Waals surface area contributed by atoms with Crippen molar-refractivity contribution in [2.24, 2.45) is 0 Å². The van der Waals surface area contributed by atoms with Crippen LogP contribution in [0.2, 0.25) is 0 Å². The van der Waals surface area contributed by atoms with Crippen molar-refractivity contribution in [2.75, 3.05) is 0 Å². The Bertz CT molecular complexity index is 874. The van der Waals surface area contributed by atoms with Gasteiger partial charge in [0.1, 0.15) is 12.4 Å². The van der Waals surface area contributed by atoms with Crippen molar-refractivity contribution in [1.82, 2.24) is 0 Å². The highest BCUT2D eigenvalue weighted by atomic mass is 16.5. The zero-order chi connectivity index (χ0) is 15.3. The van der Waals surface area contributed by atoms with Crippen molar-refractivity contribution in [3.63, 3.8) is 0 Å². The van der Waals surface area contributed by atoms with Gasteiger partial charge in [-0.05, 0) is 46.4 Å². The molecule has 0 fully saturated rings. The van der Waals surface area contributed by atoms with Gasteiger partial charge >= 0.3 is 0 Å². The summed E-state index contributed by atoms with van der Waals surface area (Å²) >= 11 is 0. The standard InChI is InChI=1S/C21H20O/c1-13(2)15-5-8-17-16(11-15)6-9-18-19-7-4-14(3)10-21(19)22-12-20(17)18/h4-11,13H,12H2,1-3H3. The third kappa shape index (κ3) is 2.00. The van der Waals surface area contributed by atoms with Gasteiger partial charge in [-0.25, -0.2) is 0 Å². The first-order chi connectivity index (χ1) is 10.6. The molecule has 0 bridgehead atoms. The van der Waals surface area contributed by atoms with Gasteiger partial charge in [0.05, 0.1) is 0 Å². The second-order valence-corrected chi connectivity index (χ2v) is 6.52. The van der Waals surface area contributed by atoms with E-state index in [0.717, 1.165) is 5.75 Å². The lowest BCUT2D eigenvalue weighted by Crippen LogP contribution is -2.06. The van der Waals surface area contributed by atoms with Crippen LogP contribution in [-0.4, -0.2) is 0 Å². The average molecular weight is 288 g/mol. The Morgan fingerprint density at radius 2 is 1.73 bits per heavy atom. The molecule has 22 heavy (non-hydrogen) atoms. The van der Waals surface area contributed by atoms with Crippen LogP contribution in [-0.2, 0) is 6.61 Å². The molecule has 1 aliphatic heterocycles. The Morgan fingerprint density at radius 3 is 2.55 bits per heavy atom. The van der Waals surface area contributed by atoms with Crippen molar-refractivity contribution in [3.8, 4) is 16.9 Å². The second-order valence-electron chi connectivity index (χ2n) is 6.52. The van der Waals surface area contributed by atoms with Crippen molar-refractivity contribution in [2.45, 2.75) is 33.3 Å². The van der Waals surface area contributed by atoms with Crippen molar-refractivity contribution in [1.29, 1.82) is 0 Å². The molecule has 0 atom stereocenters. The summed E-state index contributed by atoms with van der Waals surface area (Å²) in [5.41, 5.74) is 6.46. The first-order valence-electron chi connectivity index (χ1n) is 7.93. The Kier molecular flexibility index (Phi) is 2.97. The molecule has 0 aliphatic carbocycles. The molecule has 0 radical (unpaired) electrons. The zero-order valence-corrected chi connectivity index (χ0v) is 13.3. The fraction of sp³-hybridized carbons (Fsp3) is 0.238. The van der Waals surface area contributed by atoms with E-state index >= 15 is 0 Å². The van der Waals surface area contributed by atoms with E-state index in [9.17, 15) is 0 Å². The van der Waals surface area contributed by atoms with Crippen LogP contribution in [0, 0.1) is 6.92 Å². The maximum absolute atomic E-state index is 6.02. The molecule has 0 saturated heterocycles. The van der Waals surface area contributed by atoms with Gasteiger partial charge in [-0.2, -0.15) is 0 Å². The van der Waals surface area contributed by atoms with Gasteiger partial charge in [0, 0.05) is 11.1 Å². The molecule has 1 aliphatic rings. The highest BCUT2D eigenvalue weighted by Crippen LogP contribution is 2.41. The number of fused-ring (bicyclic) bond motifs is 5. The number of benzene rings is 3. The Balaban J connectivity index is 1.95.